The predicted octanol–water partition coefficient (Wildman–Crippen LogP) is 2.49. The first-order valence-corrected chi connectivity index (χ1v) is 5.48. The molecule has 3 heteroatoms. The second-order valence-electron chi connectivity index (χ2n) is 3.94. The molecule has 0 spiro atoms. The lowest BCUT2D eigenvalue weighted by Crippen LogP contribution is -2.23. The fraction of sp³-hybridized carbons (Fsp3) is 0.308. The first-order chi connectivity index (χ1) is 7.79. The zero-order chi connectivity index (χ0) is 11.4. The van der Waals surface area contributed by atoms with Crippen LogP contribution in [0.25, 0.3) is 11.3 Å². The van der Waals surface area contributed by atoms with E-state index in [0.29, 0.717) is 6.04 Å². The van der Waals surface area contributed by atoms with Crippen LogP contribution in [0.5, 0.6) is 0 Å². The van der Waals surface area contributed by atoms with Crippen LogP contribution in [0, 0.1) is 0 Å². The molecule has 1 N–H and O–H groups in total. The molecule has 2 rings (SSSR count). The van der Waals surface area contributed by atoms with Gasteiger partial charge in [-0.25, -0.2) is 0 Å². The Labute approximate surface area is 95.5 Å². The molecular formula is C13H16N2O. The zero-order valence-electron chi connectivity index (χ0n) is 9.60. The average molecular weight is 216 g/mol. The quantitative estimate of drug-likeness (QED) is 0.853. The summed E-state index contributed by atoms with van der Waals surface area (Å²) >= 11 is 0. The van der Waals surface area contributed by atoms with E-state index < -0.39 is 0 Å². The first kappa shape index (κ1) is 10.9. The fourth-order valence-corrected chi connectivity index (χ4v) is 1.56. The van der Waals surface area contributed by atoms with Gasteiger partial charge in [-0.05, 0) is 14.0 Å². The van der Waals surface area contributed by atoms with E-state index in [0.717, 1.165) is 23.4 Å². The van der Waals surface area contributed by atoms with Crippen molar-refractivity contribution >= 4 is 0 Å². The largest absolute Gasteiger partial charge is 0.356 e. The second-order valence-corrected chi connectivity index (χ2v) is 3.94. The molecule has 1 heterocycles. The van der Waals surface area contributed by atoms with Gasteiger partial charge >= 0.3 is 0 Å². The number of aromatic nitrogens is 1. The summed E-state index contributed by atoms with van der Waals surface area (Å²) in [5, 5.41) is 7.25. The van der Waals surface area contributed by atoms with Crippen molar-refractivity contribution in [3.05, 3.63) is 42.1 Å². The van der Waals surface area contributed by atoms with Gasteiger partial charge in [0, 0.05) is 24.1 Å². The van der Waals surface area contributed by atoms with E-state index in [2.05, 4.69) is 17.4 Å². The van der Waals surface area contributed by atoms with Crippen LogP contribution in [0.15, 0.2) is 40.9 Å². The lowest BCUT2D eigenvalue weighted by molar-refractivity contribution is 0.419. The van der Waals surface area contributed by atoms with Gasteiger partial charge in [-0.3, -0.25) is 0 Å². The first-order valence-electron chi connectivity index (χ1n) is 5.48. The van der Waals surface area contributed by atoms with Crippen molar-refractivity contribution in [2.75, 3.05) is 7.05 Å². The molecule has 0 aliphatic carbocycles. The molecule has 1 atom stereocenters. The SMILES string of the molecule is CNC(C)Cc1cc(-c2ccccc2)on1. The molecule has 16 heavy (non-hydrogen) atoms. The second kappa shape index (κ2) is 4.94. The van der Waals surface area contributed by atoms with Crippen molar-refractivity contribution in [3.63, 3.8) is 0 Å². The summed E-state index contributed by atoms with van der Waals surface area (Å²) in [6.07, 6.45) is 0.882. The summed E-state index contributed by atoms with van der Waals surface area (Å²) in [5.74, 6) is 0.832. The van der Waals surface area contributed by atoms with Crippen LogP contribution < -0.4 is 5.32 Å². The third-order valence-corrected chi connectivity index (χ3v) is 2.63. The van der Waals surface area contributed by atoms with Crippen molar-refractivity contribution in [2.45, 2.75) is 19.4 Å². The van der Waals surface area contributed by atoms with Gasteiger partial charge in [-0.2, -0.15) is 0 Å². The molecule has 0 amide bonds. The molecule has 84 valence electrons. The third kappa shape index (κ3) is 2.49. The number of nitrogens with one attached hydrogen (secondary N) is 1. The van der Waals surface area contributed by atoms with E-state index in [9.17, 15) is 0 Å². The Hall–Kier alpha value is -1.61. The zero-order valence-corrected chi connectivity index (χ0v) is 9.60. The molecule has 2 aromatic rings. The molecule has 0 bridgehead atoms. The number of nitrogens with zero attached hydrogens (tertiary/aromatic N) is 1. The van der Waals surface area contributed by atoms with Gasteiger partial charge in [-0.15, -0.1) is 0 Å². The molecule has 0 fully saturated rings. The molecule has 0 aliphatic rings. The highest BCUT2D eigenvalue weighted by atomic mass is 16.5. The molecule has 0 saturated carbocycles. The van der Waals surface area contributed by atoms with Crippen LogP contribution >= 0.6 is 0 Å². The van der Waals surface area contributed by atoms with Gasteiger partial charge in [0.2, 0.25) is 0 Å². The van der Waals surface area contributed by atoms with E-state index >= 15 is 0 Å². The van der Waals surface area contributed by atoms with Crippen molar-refractivity contribution in [2.24, 2.45) is 0 Å². The molecule has 0 aliphatic heterocycles. The summed E-state index contributed by atoms with van der Waals surface area (Å²) < 4.78 is 5.32. The van der Waals surface area contributed by atoms with E-state index in [4.69, 9.17) is 4.52 Å². The van der Waals surface area contributed by atoms with E-state index in [-0.39, 0.29) is 0 Å². The Balaban J connectivity index is 2.14. The minimum atomic E-state index is 0.411. The van der Waals surface area contributed by atoms with Crippen LogP contribution in [0.3, 0.4) is 0 Å². The molecule has 0 radical (unpaired) electrons. The number of rotatable bonds is 4. The number of benzene rings is 1. The van der Waals surface area contributed by atoms with Crippen molar-refractivity contribution in [1.29, 1.82) is 0 Å². The lowest BCUT2D eigenvalue weighted by Gasteiger charge is -2.05. The molecule has 1 unspecified atom stereocenters. The van der Waals surface area contributed by atoms with E-state index in [1.54, 1.807) is 0 Å². The maximum absolute atomic E-state index is 5.32. The van der Waals surface area contributed by atoms with E-state index in [1.807, 2.05) is 43.4 Å². The summed E-state index contributed by atoms with van der Waals surface area (Å²) in [7, 11) is 1.95. The minimum absolute atomic E-state index is 0.411. The molecular weight excluding hydrogens is 200 g/mol. The Morgan fingerprint density at radius 3 is 2.75 bits per heavy atom. The Kier molecular flexibility index (Phi) is 3.37. The van der Waals surface area contributed by atoms with Crippen LogP contribution in [0.1, 0.15) is 12.6 Å². The summed E-state index contributed by atoms with van der Waals surface area (Å²) in [6.45, 7) is 2.12. The van der Waals surface area contributed by atoms with Gasteiger partial charge in [0.25, 0.3) is 0 Å². The highest BCUT2D eigenvalue weighted by Gasteiger charge is 2.08. The van der Waals surface area contributed by atoms with Crippen LogP contribution in [-0.4, -0.2) is 18.2 Å². The molecule has 1 aromatic heterocycles. The number of likely N-dealkylation sites (N-methyl/N-ethyl adjacent to an activating group) is 1. The summed E-state index contributed by atoms with van der Waals surface area (Å²) in [6, 6.07) is 12.4. The topological polar surface area (TPSA) is 38.1 Å². The molecule has 3 nitrogen and oxygen atoms in total. The maximum atomic E-state index is 5.32. The van der Waals surface area contributed by atoms with E-state index in [1.165, 1.54) is 0 Å². The standard InChI is InChI=1S/C13H16N2O/c1-10(14-2)8-12-9-13(16-15-12)11-6-4-3-5-7-11/h3-7,9-10,14H,8H2,1-2H3. The molecule has 1 aromatic carbocycles. The fourth-order valence-electron chi connectivity index (χ4n) is 1.56. The predicted molar refractivity (Wildman–Crippen MR) is 64.2 cm³/mol. The van der Waals surface area contributed by atoms with Crippen molar-refractivity contribution in [3.8, 4) is 11.3 Å². The van der Waals surface area contributed by atoms with Crippen LogP contribution in [0.2, 0.25) is 0 Å². The van der Waals surface area contributed by atoms with Crippen molar-refractivity contribution in [1.82, 2.24) is 10.5 Å². The van der Waals surface area contributed by atoms with Gasteiger partial charge in [0.1, 0.15) is 0 Å². The monoisotopic (exact) mass is 216 g/mol. The Morgan fingerprint density at radius 2 is 2.06 bits per heavy atom. The summed E-state index contributed by atoms with van der Waals surface area (Å²) in [4.78, 5) is 0. The number of hydrogen-bond donors (Lipinski definition) is 1. The van der Waals surface area contributed by atoms with Gasteiger partial charge in [0.15, 0.2) is 5.76 Å². The van der Waals surface area contributed by atoms with Crippen LogP contribution in [-0.2, 0) is 6.42 Å². The maximum Gasteiger partial charge on any atom is 0.167 e. The minimum Gasteiger partial charge on any atom is -0.356 e. The summed E-state index contributed by atoms with van der Waals surface area (Å²) in [5.41, 5.74) is 2.05. The van der Waals surface area contributed by atoms with Gasteiger partial charge in [-0.1, -0.05) is 35.5 Å². The van der Waals surface area contributed by atoms with Gasteiger partial charge < -0.3 is 9.84 Å². The Bertz CT molecular complexity index is 436. The smallest absolute Gasteiger partial charge is 0.167 e. The Morgan fingerprint density at radius 1 is 1.31 bits per heavy atom. The van der Waals surface area contributed by atoms with Crippen molar-refractivity contribution < 1.29 is 4.52 Å². The number of hydrogen-bond acceptors (Lipinski definition) is 3. The van der Waals surface area contributed by atoms with Gasteiger partial charge in [0.05, 0.1) is 5.69 Å². The average Bonchev–Trinajstić information content (AvgIpc) is 2.78. The lowest BCUT2D eigenvalue weighted by atomic mass is 10.1. The van der Waals surface area contributed by atoms with Crippen LogP contribution in [0.4, 0.5) is 0 Å². The normalized spacial score (nSPS) is 12.6. The third-order valence-electron chi connectivity index (χ3n) is 2.63. The highest BCUT2D eigenvalue weighted by Crippen LogP contribution is 2.20. The highest BCUT2D eigenvalue weighted by molar-refractivity contribution is 5.56. The molecule has 0 saturated heterocycles.